The summed E-state index contributed by atoms with van der Waals surface area (Å²) in [6, 6.07) is 7.48. The number of nitrogens with one attached hydrogen (secondary N) is 1. The molecule has 0 aromatic heterocycles. The zero-order valence-electron chi connectivity index (χ0n) is 12.5. The van der Waals surface area contributed by atoms with Crippen LogP contribution < -0.4 is 10.1 Å². The van der Waals surface area contributed by atoms with Crippen LogP contribution >= 0.6 is 0 Å². The lowest BCUT2D eigenvalue weighted by Gasteiger charge is -2.31. The van der Waals surface area contributed by atoms with Crippen LogP contribution in [0.25, 0.3) is 0 Å². The largest absolute Gasteiger partial charge is 0.493 e. The van der Waals surface area contributed by atoms with Crippen LogP contribution in [0.15, 0.2) is 18.2 Å². The number of para-hydroxylation sites is 1. The van der Waals surface area contributed by atoms with E-state index in [9.17, 15) is 0 Å². The molecule has 3 atom stereocenters. The van der Waals surface area contributed by atoms with Crippen molar-refractivity contribution < 1.29 is 9.47 Å². The number of benzene rings is 1. The molecule has 2 heterocycles. The summed E-state index contributed by atoms with van der Waals surface area (Å²) in [7, 11) is 0. The molecule has 1 saturated heterocycles. The fourth-order valence-corrected chi connectivity index (χ4v) is 3.37. The lowest BCUT2D eigenvalue weighted by molar-refractivity contribution is 0.0110. The van der Waals surface area contributed by atoms with Crippen LogP contribution in [0.1, 0.15) is 49.8 Å². The Morgan fingerprint density at radius 2 is 2.10 bits per heavy atom. The van der Waals surface area contributed by atoms with Gasteiger partial charge >= 0.3 is 0 Å². The molecule has 1 fully saturated rings. The van der Waals surface area contributed by atoms with Crippen molar-refractivity contribution in [1.82, 2.24) is 5.32 Å². The fourth-order valence-electron chi connectivity index (χ4n) is 3.37. The molecular formula is C17H25NO2. The van der Waals surface area contributed by atoms with E-state index in [2.05, 4.69) is 37.4 Å². The highest BCUT2D eigenvalue weighted by molar-refractivity contribution is 5.43. The standard InChI is InChI=1S/C17H25NO2/c1-12-5-3-6-15-16(7-4-9-20-17(12)15)18-14-8-10-19-13(2)11-14/h3,5-6,13-14,16,18H,4,7-11H2,1-2H3. The fraction of sp³-hybridized carbons (Fsp3) is 0.647. The molecule has 3 nitrogen and oxygen atoms in total. The molecule has 2 aliphatic heterocycles. The molecular weight excluding hydrogens is 250 g/mol. The lowest BCUT2D eigenvalue weighted by atomic mass is 9.96. The topological polar surface area (TPSA) is 30.5 Å². The van der Waals surface area contributed by atoms with Crippen LogP contribution in [-0.2, 0) is 4.74 Å². The molecule has 1 N–H and O–H groups in total. The average Bonchev–Trinajstić information content (AvgIpc) is 2.63. The lowest BCUT2D eigenvalue weighted by Crippen LogP contribution is -2.40. The van der Waals surface area contributed by atoms with Crippen molar-refractivity contribution in [2.75, 3.05) is 13.2 Å². The van der Waals surface area contributed by atoms with Crippen LogP contribution in [-0.4, -0.2) is 25.4 Å². The smallest absolute Gasteiger partial charge is 0.126 e. The second-order valence-corrected chi connectivity index (χ2v) is 6.11. The van der Waals surface area contributed by atoms with Crippen molar-refractivity contribution >= 4 is 0 Å². The van der Waals surface area contributed by atoms with Gasteiger partial charge in [0.2, 0.25) is 0 Å². The molecule has 0 bridgehead atoms. The first kappa shape index (κ1) is 13.9. The summed E-state index contributed by atoms with van der Waals surface area (Å²) in [4.78, 5) is 0. The summed E-state index contributed by atoms with van der Waals surface area (Å²) >= 11 is 0. The van der Waals surface area contributed by atoms with Gasteiger partial charge in [0.15, 0.2) is 0 Å². The third-order valence-electron chi connectivity index (χ3n) is 4.42. The molecule has 20 heavy (non-hydrogen) atoms. The van der Waals surface area contributed by atoms with Crippen molar-refractivity contribution in [2.45, 2.75) is 57.7 Å². The van der Waals surface area contributed by atoms with Crippen molar-refractivity contribution in [3.63, 3.8) is 0 Å². The van der Waals surface area contributed by atoms with Crippen LogP contribution in [0.3, 0.4) is 0 Å². The maximum absolute atomic E-state index is 5.96. The maximum atomic E-state index is 5.96. The van der Waals surface area contributed by atoms with Gasteiger partial charge < -0.3 is 14.8 Å². The summed E-state index contributed by atoms with van der Waals surface area (Å²) in [5, 5.41) is 3.85. The summed E-state index contributed by atoms with van der Waals surface area (Å²) < 4.78 is 11.6. The SMILES string of the molecule is Cc1cccc2c1OCCCC2NC1CCOC(C)C1. The third kappa shape index (κ3) is 2.99. The van der Waals surface area contributed by atoms with E-state index < -0.39 is 0 Å². The van der Waals surface area contributed by atoms with E-state index in [1.54, 1.807) is 0 Å². The first-order valence-corrected chi connectivity index (χ1v) is 7.84. The summed E-state index contributed by atoms with van der Waals surface area (Å²) in [6.45, 7) is 6.02. The van der Waals surface area contributed by atoms with Crippen molar-refractivity contribution in [2.24, 2.45) is 0 Å². The Labute approximate surface area is 121 Å². The molecule has 110 valence electrons. The molecule has 0 radical (unpaired) electrons. The van der Waals surface area contributed by atoms with Gasteiger partial charge in [-0.25, -0.2) is 0 Å². The predicted octanol–water partition coefficient (Wildman–Crippen LogP) is 3.37. The minimum Gasteiger partial charge on any atom is -0.493 e. The highest BCUT2D eigenvalue weighted by atomic mass is 16.5. The Kier molecular flexibility index (Phi) is 4.27. The van der Waals surface area contributed by atoms with Crippen molar-refractivity contribution in [1.29, 1.82) is 0 Å². The van der Waals surface area contributed by atoms with Gasteiger partial charge in [-0.2, -0.15) is 0 Å². The molecule has 2 aliphatic rings. The second-order valence-electron chi connectivity index (χ2n) is 6.11. The Hall–Kier alpha value is -1.06. The summed E-state index contributed by atoms with van der Waals surface area (Å²) in [5.74, 6) is 1.10. The molecule has 0 saturated carbocycles. The molecule has 0 aliphatic carbocycles. The Morgan fingerprint density at radius 1 is 1.20 bits per heavy atom. The van der Waals surface area contributed by atoms with Gasteiger partial charge in [-0.1, -0.05) is 18.2 Å². The van der Waals surface area contributed by atoms with Gasteiger partial charge in [0.05, 0.1) is 12.7 Å². The van der Waals surface area contributed by atoms with Crippen LogP contribution in [0.4, 0.5) is 0 Å². The number of hydrogen-bond acceptors (Lipinski definition) is 3. The minimum absolute atomic E-state index is 0.375. The highest BCUT2D eigenvalue weighted by Crippen LogP contribution is 2.34. The first-order chi connectivity index (χ1) is 9.74. The molecule has 3 rings (SSSR count). The van der Waals surface area contributed by atoms with E-state index >= 15 is 0 Å². The van der Waals surface area contributed by atoms with Crippen LogP contribution in [0.2, 0.25) is 0 Å². The highest BCUT2D eigenvalue weighted by Gasteiger charge is 2.26. The Balaban J connectivity index is 1.78. The van der Waals surface area contributed by atoms with E-state index in [1.807, 2.05) is 0 Å². The molecule has 0 spiro atoms. The normalized spacial score (nSPS) is 30.2. The van der Waals surface area contributed by atoms with Gasteiger partial charge in [-0.15, -0.1) is 0 Å². The number of hydrogen-bond donors (Lipinski definition) is 1. The van der Waals surface area contributed by atoms with Crippen molar-refractivity contribution in [3.8, 4) is 5.75 Å². The predicted molar refractivity (Wildman–Crippen MR) is 80.2 cm³/mol. The molecule has 1 aromatic rings. The van der Waals surface area contributed by atoms with E-state index in [1.165, 1.54) is 11.1 Å². The summed E-state index contributed by atoms with van der Waals surface area (Å²) in [5.41, 5.74) is 2.58. The first-order valence-electron chi connectivity index (χ1n) is 7.84. The van der Waals surface area contributed by atoms with E-state index in [4.69, 9.17) is 9.47 Å². The van der Waals surface area contributed by atoms with Gasteiger partial charge in [-0.3, -0.25) is 0 Å². The monoisotopic (exact) mass is 275 g/mol. The second kappa shape index (κ2) is 6.15. The number of aryl methyl sites for hydroxylation is 1. The number of ether oxygens (including phenoxy) is 2. The number of rotatable bonds is 2. The quantitative estimate of drug-likeness (QED) is 0.897. The zero-order valence-corrected chi connectivity index (χ0v) is 12.5. The van der Waals surface area contributed by atoms with Crippen molar-refractivity contribution in [3.05, 3.63) is 29.3 Å². The van der Waals surface area contributed by atoms with E-state index in [0.717, 1.165) is 44.6 Å². The Morgan fingerprint density at radius 3 is 2.95 bits per heavy atom. The molecule has 3 heteroatoms. The van der Waals surface area contributed by atoms with E-state index in [-0.39, 0.29) is 0 Å². The van der Waals surface area contributed by atoms with Gasteiger partial charge in [0, 0.05) is 24.3 Å². The zero-order chi connectivity index (χ0) is 13.9. The molecule has 0 amide bonds. The Bertz CT molecular complexity index is 460. The maximum Gasteiger partial charge on any atom is 0.126 e. The molecule has 1 aromatic carbocycles. The van der Waals surface area contributed by atoms with Crippen LogP contribution in [0.5, 0.6) is 5.75 Å². The van der Waals surface area contributed by atoms with Gasteiger partial charge in [0.25, 0.3) is 0 Å². The molecule has 3 unspecified atom stereocenters. The number of fused-ring (bicyclic) bond motifs is 1. The van der Waals surface area contributed by atoms with Gasteiger partial charge in [-0.05, 0) is 45.1 Å². The van der Waals surface area contributed by atoms with Crippen LogP contribution in [0, 0.1) is 6.92 Å². The summed E-state index contributed by atoms with van der Waals surface area (Å²) in [6.07, 6.45) is 4.87. The van der Waals surface area contributed by atoms with Gasteiger partial charge in [0.1, 0.15) is 5.75 Å². The third-order valence-corrected chi connectivity index (χ3v) is 4.42. The van der Waals surface area contributed by atoms with E-state index in [0.29, 0.717) is 18.2 Å². The average molecular weight is 275 g/mol. The minimum atomic E-state index is 0.375.